The first-order valence-electron chi connectivity index (χ1n) is 10.2. The average Bonchev–Trinajstić information content (AvgIpc) is 2.53. The Hall–Kier alpha value is -0.570. The summed E-state index contributed by atoms with van der Waals surface area (Å²) >= 11 is 0. The third-order valence-electron chi connectivity index (χ3n) is 6.33. The molecule has 1 saturated heterocycles. The van der Waals surface area contributed by atoms with Gasteiger partial charge in [-0.25, -0.2) is 0 Å². The number of rotatable bonds is 4. The van der Waals surface area contributed by atoms with Gasteiger partial charge in [0, 0.05) is 37.6 Å². The van der Waals surface area contributed by atoms with Gasteiger partial charge in [-0.1, -0.05) is 33.6 Å². The lowest BCUT2D eigenvalue weighted by Crippen LogP contribution is -2.55. The fraction of sp³-hybridized carbons (Fsp3) is 0.952. The summed E-state index contributed by atoms with van der Waals surface area (Å²) in [5, 5.41) is 0. The molecular weight excluding hydrogens is 296 g/mol. The van der Waals surface area contributed by atoms with Gasteiger partial charge in [0.2, 0.25) is 5.91 Å². The summed E-state index contributed by atoms with van der Waals surface area (Å²) in [6.45, 7) is 17.5. The van der Waals surface area contributed by atoms with Crippen LogP contribution in [-0.2, 0) is 4.79 Å². The van der Waals surface area contributed by atoms with Gasteiger partial charge in [0.25, 0.3) is 0 Å². The van der Waals surface area contributed by atoms with Gasteiger partial charge in [-0.15, -0.1) is 0 Å². The molecular formula is C21H40N2O. The first-order valence-corrected chi connectivity index (χ1v) is 10.2. The summed E-state index contributed by atoms with van der Waals surface area (Å²) in [6, 6.07) is 0. The molecule has 0 radical (unpaired) electrons. The van der Waals surface area contributed by atoms with Crippen LogP contribution in [0.2, 0.25) is 0 Å². The van der Waals surface area contributed by atoms with Crippen LogP contribution in [0.1, 0.15) is 73.6 Å². The van der Waals surface area contributed by atoms with E-state index in [9.17, 15) is 4.79 Å². The van der Waals surface area contributed by atoms with Crippen LogP contribution in [0.3, 0.4) is 0 Å². The summed E-state index contributed by atoms with van der Waals surface area (Å²) in [6.07, 6.45) is 6.54. The van der Waals surface area contributed by atoms with E-state index in [1.165, 1.54) is 32.1 Å². The van der Waals surface area contributed by atoms with Crippen molar-refractivity contribution < 1.29 is 4.79 Å². The van der Waals surface area contributed by atoms with Gasteiger partial charge in [0.05, 0.1) is 0 Å². The van der Waals surface area contributed by atoms with Crippen LogP contribution in [0.25, 0.3) is 0 Å². The molecule has 0 aromatic rings. The van der Waals surface area contributed by atoms with Crippen LogP contribution in [-0.4, -0.2) is 47.4 Å². The normalized spacial score (nSPS) is 28.2. The number of hydrogen-bond donors (Lipinski definition) is 0. The van der Waals surface area contributed by atoms with Crippen LogP contribution >= 0.6 is 0 Å². The lowest BCUT2D eigenvalue weighted by molar-refractivity contribution is -0.139. The fourth-order valence-corrected chi connectivity index (χ4v) is 4.68. The van der Waals surface area contributed by atoms with Crippen molar-refractivity contribution >= 4 is 5.91 Å². The van der Waals surface area contributed by atoms with Crippen LogP contribution in [0, 0.1) is 23.7 Å². The first-order chi connectivity index (χ1) is 11.2. The predicted molar refractivity (Wildman–Crippen MR) is 102 cm³/mol. The van der Waals surface area contributed by atoms with E-state index >= 15 is 0 Å². The van der Waals surface area contributed by atoms with E-state index in [-0.39, 0.29) is 11.5 Å². The third-order valence-corrected chi connectivity index (χ3v) is 6.33. The maximum absolute atomic E-state index is 12.9. The third kappa shape index (κ3) is 5.21. The molecule has 1 heterocycles. The van der Waals surface area contributed by atoms with Gasteiger partial charge in [-0.2, -0.15) is 0 Å². The summed E-state index contributed by atoms with van der Waals surface area (Å²) in [7, 11) is 0. The Bertz CT molecular complexity index is 397. The molecule has 0 spiro atoms. The van der Waals surface area contributed by atoms with E-state index < -0.39 is 0 Å². The largest absolute Gasteiger partial charge is 0.340 e. The molecule has 1 aliphatic carbocycles. The highest BCUT2D eigenvalue weighted by molar-refractivity contribution is 5.79. The number of nitrogens with zero attached hydrogens (tertiary/aromatic N) is 2. The minimum atomic E-state index is 0.214. The number of carbonyl (C=O) groups is 1. The fourth-order valence-electron chi connectivity index (χ4n) is 4.68. The van der Waals surface area contributed by atoms with Crippen LogP contribution in [0.15, 0.2) is 0 Å². The number of carbonyl (C=O) groups excluding carboxylic acids is 1. The zero-order valence-electron chi connectivity index (χ0n) is 17.0. The van der Waals surface area contributed by atoms with Crippen LogP contribution < -0.4 is 0 Å². The molecule has 0 aromatic carbocycles. The Balaban J connectivity index is 1.79. The Morgan fingerprint density at radius 3 is 1.96 bits per heavy atom. The predicted octanol–water partition coefficient (Wildman–Crippen LogP) is 4.42. The van der Waals surface area contributed by atoms with Crippen molar-refractivity contribution in [2.24, 2.45) is 23.7 Å². The van der Waals surface area contributed by atoms with Crippen molar-refractivity contribution in [1.82, 2.24) is 9.80 Å². The van der Waals surface area contributed by atoms with Gasteiger partial charge in [-0.05, 0) is 57.8 Å². The van der Waals surface area contributed by atoms with Crippen molar-refractivity contribution in [3.8, 4) is 0 Å². The van der Waals surface area contributed by atoms with Crippen LogP contribution in [0.5, 0.6) is 0 Å². The highest BCUT2D eigenvalue weighted by Gasteiger charge is 2.34. The van der Waals surface area contributed by atoms with E-state index in [4.69, 9.17) is 0 Å². The number of piperazine rings is 1. The molecule has 24 heavy (non-hydrogen) atoms. The summed E-state index contributed by atoms with van der Waals surface area (Å²) in [4.78, 5) is 17.6. The molecule has 1 aliphatic heterocycles. The molecule has 3 nitrogen and oxygen atoms in total. The number of amides is 1. The number of hydrogen-bond acceptors (Lipinski definition) is 2. The molecule has 1 saturated carbocycles. The molecule has 3 heteroatoms. The molecule has 2 aliphatic rings. The molecule has 2 rings (SSSR count). The van der Waals surface area contributed by atoms with E-state index in [1.807, 2.05) is 0 Å². The van der Waals surface area contributed by atoms with E-state index in [1.54, 1.807) is 0 Å². The molecule has 1 amide bonds. The van der Waals surface area contributed by atoms with Crippen LogP contribution in [0.4, 0.5) is 0 Å². The Kier molecular flexibility index (Phi) is 6.75. The second-order valence-electron chi connectivity index (χ2n) is 9.68. The van der Waals surface area contributed by atoms with E-state index in [2.05, 4.69) is 51.3 Å². The standard InChI is InChI=1S/C21H40N2O/c1-16(2)15-18-7-9-19(10-8-18)17(3)20(24)22-11-13-23(14-12-22)21(4,5)6/h16-19H,7-15H2,1-6H3. The van der Waals surface area contributed by atoms with Crippen molar-refractivity contribution in [3.05, 3.63) is 0 Å². The van der Waals surface area contributed by atoms with E-state index in [0.717, 1.165) is 38.0 Å². The first kappa shape index (κ1) is 19.8. The van der Waals surface area contributed by atoms with Crippen molar-refractivity contribution in [3.63, 3.8) is 0 Å². The minimum absolute atomic E-state index is 0.214. The maximum atomic E-state index is 12.9. The van der Waals surface area contributed by atoms with E-state index in [0.29, 0.717) is 11.8 Å². The minimum Gasteiger partial charge on any atom is -0.340 e. The molecule has 140 valence electrons. The second kappa shape index (κ2) is 8.21. The Morgan fingerprint density at radius 2 is 1.50 bits per heavy atom. The smallest absolute Gasteiger partial charge is 0.225 e. The molecule has 0 bridgehead atoms. The van der Waals surface area contributed by atoms with Gasteiger partial charge in [0.15, 0.2) is 0 Å². The topological polar surface area (TPSA) is 23.6 Å². The Morgan fingerprint density at radius 1 is 0.958 bits per heavy atom. The highest BCUT2D eigenvalue weighted by Crippen LogP contribution is 2.37. The summed E-state index contributed by atoms with van der Waals surface area (Å²) in [5.41, 5.74) is 0.218. The molecule has 1 atom stereocenters. The summed E-state index contributed by atoms with van der Waals surface area (Å²) < 4.78 is 0. The van der Waals surface area contributed by atoms with Crippen molar-refractivity contribution in [1.29, 1.82) is 0 Å². The van der Waals surface area contributed by atoms with Gasteiger partial charge >= 0.3 is 0 Å². The quantitative estimate of drug-likeness (QED) is 0.759. The SMILES string of the molecule is CC(C)CC1CCC(C(C)C(=O)N2CCN(C(C)(C)C)CC2)CC1. The average molecular weight is 337 g/mol. The zero-order chi connectivity index (χ0) is 17.9. The van der Waals surface area contributed by atoms with Gasteiger partial charge in [-0.3, -0.25) is 9.69 Å². The summed E-state index contributed by atoms with van der Waals surface area (Å²) in [5.74, 6) is 2.95. The highest BCUT2D eigenvalue weighted by atomic mass is 16.2. The monoisotopic (exact) mass is 336 g/mol. The van der Waals surface area contributed by atoms with Crippen molar-refractivity contribution in [2.45, 2.75) is 79.2 Å². The lowest BCUT2D eigenvalue weighted by Gasteiger charge is -2.43. The Labute approximate surface area is 150 Å². The molecule has 0 aromatic heterocycles. The van der Waals surface area contributed by atoms with Crippen molar-refractivity contribution in [2.75, 3.05) is 26.2 Å². The second-order valence-corrected chi connectivity index (χ2v) is 9.68. The van der Waals surface area contributed by atoms with Gasteiger partial charge < -0.3 is 4.90 Å². The maximum Gasteiger partial charge on any atom is 0.225 e. The molecule has 0 N–H and O–H groups in total. The zero-order valence-corrected chi connectivity index (χ0v) is 17.0. The van der Waals surface area contributed by atoms with Gasteiger partial charge in [0.1, 0.15) is 0 Å². The lowest BCUT2D eigenvalue weighted by atomic mass is 9.74. The molecule has 1 unspecified atom stereocenters. The molecule has 2 fully saturated rings.